The molecule has 0 unspecified atom stereocenters. The van der Waals surface area contributed by atoms with Gasteiger partial charge in [0.2, 0.25) is 0 Å². The van der Waals surface area contributed by atoms with Crippen molar-refractivity contribution in [3.63, 3.8) is 0 Å². The van der Waals surface area contributed by atoms with Crippen LogP contribution in [0.4, 0.5) is 0 Å². The lowest BCUT2D eigenvalue weighted by atomic mass is 9.99. The maximum Gasteiger partial charge on any atom is 0.118 e. The third-order valence-electron chi connectivity index (χ3n) is 3.90. The molecule has 1 aliphatic rings. The maximum absolute atomic E-state index is 10.2. The first-order chi connectivity index (χ1) is 9.11. The van der Waals surface area contributed by atoms with Crippen molar-refractivity contribution in [1.82, 2.24) is 5.32 Å². The zero-order valence-electron chi connectivity index (χ0n) is 12.1. The quantitative estimate of drug-likeness (QED) is 0.795. The van der Waals surface area contributed by atoms with Crippen LogP contribution >= 0.6 is 0 Å². The molecule has 1 saturated carbocycles. The predicted molar refractivity (Wildman–Crippen MR) is 77.3 cm³/mol. The van der Waals surface area contributed by atoms with E-state index in [-0.39, 0.29) is 0 Å². The number of methoxy groups -OCH3 is 1. The van der Waals surface area contributed by atoms with Crippen molar-refractivity contribution in [1.29, 1.82) is 0 Å². The SMILES string of the molecule is COc1ccc([C@@H](O)CN[C@H](C(C)C)C2CC2)cc1. The first-order valence-corrected chi connectivity index (χ1v) is 7.17. The van der Waals surface area contributed by atoms with Crippen molar-refractivity contribution in [3.05, 3.63) is 29.8 Å². The van der Waals surface area contributed by atoms with E-state index in [4.69, 9.17) is 4.74 Å². The highest BCUT2D eigenvalue weighted by Crippen LogP contribution is 2.35. The summed E-state index contributed by atoms with van der Waals surface area (Å²) in [5, 5.41) is 13.7. The Morgan fingerprint density at radius 1 is 1.26 bits per heavy atom. The molecule has 0 radical (unpaired) electrons. The highest BCUT2D eigenvalue weighted by molar-refractivity contribution is 5.28. The molecule has 1 aliphatic carbocycles. The molecule has 3 heteroatoms. The van der Waals surface area contributed by atoms with Crippen molar-refractivity contribution in [2.45, 2.75) is 38.8 Å². The van der Waals surface area contributed by atoms with Gasteiger partial charge in [-0.25, -0.2) is 0 Å². The van der Waals surface area contributed by atoms with Crippen LogP contribution in [-0.4, -0.2) is 24.8 Å². The monoisotopic (exact) mass is 263 g/mol. The summed E-state index contributed by atoms with van der Waals surface area (Å²) in [5.74, 6) is 2.25. The minimum absolute atomic E-state index is 0.453. The van der Waals surface area contributed by atoms with Crippen molar-refractivity contribution in [2.75, 3.05) is 13.7 Å². The molecule has 0 amide bonds. The molecule has 2 N–H and O–H groups in total. The van der Waals surface area contributed by atoms with Gasteiger partial charge in [-0.15, -0.1) is 0 Å². The Balaban J connectivity index is 1.87. The molecule has 0 bridgehead atoms. The highest BCUT2D eigenvalue weighted by atomic mass is 16.5. The zero-order valence-corrected chi connectivity index (χ0v) is 12.1. The van der Waals surface area contributed by atoms with E-state index in [1.54, 1.807) is 7.11 Å². The number of aliphatic hydroxyl groups excluding tert-OH is 1. The van der Waals surface area contributed by atoms with Gasteiger partial charge in [0.25, 0.3) is 0 Å². The molecule has 2 rings (SSSR count). The molecule has 106 valence electrons. The third kappa shape index (κ3) is 3.95. The van der Waals surface area contributed by atoms with Crippen LogP contribution < -0.4 is 10.1 Å². The molecule has 0 spiro atoms. The summed E-state index contributed by atoms with van der Waals surface area (Å²) in [5.41, 5.74) is 0.937. The normalized spacial score (nSPS) is 18.4. The first-order valence-electron chi connectivity index (χ1n) is 7.17. The number of hydrogen-bond acceptors (Lipinski definition) is 3. The van der Waals surface area contributed by atoms with Gasteiger partial charge >= 0.3 is 0 Å². The molecule has 0 heterocycles. The molecule has 1 aromatic carbocycles. The summed E-state index contributed by atoms with van der Waals surface area (Å²) in [6.07, 6.45) is 2.20. The average molecular weight is 263 g/mol. The van der Waals surface area contributed by atoms with E-state index >= 15 is 0 Å². The molecule has 0 saturated heterocycles. The van der Waals surface area contributed by atoms with Gasteiger partial charge in [0.1, 0.15) is 5.75 Å². The Labute approximate surface area is 116 Å². The maximum atomic E-state index is 10.2. The Bertz CT molecular complexity index is 382. The van der Waals surface area contributed by atoms with E-state index in [1.807, 2.05) is 24.3 Å². The highest BCUT2D eigenvalue weighted by Gasteiger charge is 2.32. The van der Waals surface area contributed by atoms with Crippen LogP contribution in [0.25, 0.3) is 0 Å². The summed E-state index contributed by atoms with van der Waals surface area (Å²) in [4.78, 5) is 0. The molecule has 1 aromatic rings. The average Bonchev–Trinajstić information content (AvgIpc) is 3.23. The summed E-state index contributed by atoms with van der Waals surface area (Å²) < 4.78 is 5.12. The van der Waals surface area contributed by atoms with Crippen molar-refractivity contribution in [2.24, 2.45) is 11.8 Å². The minimum Gasteiger partial charge on any atom is -0.497 e. The lowest BCUT2D eigenvalue weighted by Crippen LogP contribution is -2.38. The Kier molecular flexibility index (Phi) is 4.83. The van der Waals surface area contributed by atoms with Crippen LogP contribution in [-0.2, 0) is 0 Å². The van der Waals surface area contributed by atoms with Gasteiger partial charge in [-0.3, -0.25) is 0 Å². The van der Waals surface area contributed by atoms with Gasteiger partial charge in [-0.05, 0) is 42.4 Å². The smallest absolute Gasteiger partial charge is 0.118 e. The Morgan fingerprint density at radius 2 is 1.89 bits per heavy atom. The second kappa shape index (κ2) is 6.40. The molecule has 0 aromatic heterocycles. The zero-order chi connectivity index (χ0) is 13.8. The van der Waals surface area contributed by atoms with Crippen LogP contribution in [0.1, 0.15) is 38.4 Å². The van der Waals surface area contributed by atoms with Crippen LogP contribution in [0.5, 0.6) is 5.75 Å². The van der Waals surface area contributed by atoms with Gasteiger partial charge in [0, 0.05) is 12.6 Å². The molecule has 1 fully saturated rings. The van der Waals surface area contributed by atoms with E-state index < -0.39 is 6.10 Å². The van der Waals surface area contributed by atoms with Crippen molar-refractivity contribution in [3.8, 4) is 5.75 Å². The van der Waals surface area contributed by atoms with Gasteiger partial charge in [0.15, 0.2) is 0 Å². The third-order valence-corrected chi connectivity index (χ3v) is 3.90. The standard InChI is InChI=1S/C16H25NO2/c1-11(2)16(13-4-5-13)17-10-15(18)12-6-8-14(19-3)9-7-12/h6-9,11,13,15-18H,4-5,10H2,1-3H3/t15-,16+/m0/s1. The number of nitrogens with one attached hydrogen (secondary N) is 1. The molecular formula is C16H25NO2. The summed E-state index contributed by atoms with van der Waals surface area (Å²) >= 11 is 0. The summed E-state index contributed by atoms with van der Waals surface area (Å²) in [7, 11) is 1.65. The van der Waals surface area contributed by atoms with Crippen LogP contribution in [0.2, 0.25) is 0 Å². The lowest BCUT2D eigenvalue weighted by molar-refractivity contribution is 0.162. The second-order valence-electron chi connectivity index (χ2n) is 5.80. The Hall–Kier alpha value is -1.06. The van der Waals surface area contributed by atoms with Gasteiger partial charge < -0.3 is 15.2 Å². The molecule has 0 aliphatic heterocycles. The van der Waals surface area contributed by atoms with Crippen LogP contribution in [0.15, 0.2) is 24.3 Å². The first kappa shape index (κ1) is 14.4. The fourth-order valence-electron chi connectivity index (χ4n) is 2.59. The topological polar surface area (TPSA) is 41.5 Å². The lowest BCUT2D eigenvalue weighted by Gasteiger charge is -2.24. The number of rotatable bonds is 7. The van der Waals surface area contributed by atoms with Gasteiger partial charge in [-0.1, -0.05) is 26.0 Å². The van der Waals surface area contributed by atoms with E-state index in [9.17, 15) is 5.11 Å². The fraction of sp³-hybridized carbons (Fsp3) is 0.625. The molecule has 19 heavy (non-hydrogen) atoms. The van der Waals surface area contributed by atoms with Gasteiger partial charge in [-0.2, -0.15) is 0 Å². The number of aliphatic hydroxyl groups is 1. The van der Waals surface area contributed by atoms with Gasteiger partial charge in [0.05, 0.1) is 13.2 Å². The number of benzene rings is 1. The number of hydrogen-bond donors (Lipinski definition) is 2. The molecule has 2 atom stereocenters. The summed E-state index contributed by atoms with van der Waals surface area (Å²) in [6.45, 7) is 5.11. The summed E-state index contributed by atoms with van der Waals surface area (Å²) in [6, 6.07) is 8.16. The van der Waals surface area contributed by atoms with E-state index in [1.165, 1.54) is 12.8 Å². The number of ether oxygens (including phenoxy) is 1. The minimum atomic E-state index is -0.453. The van der Waals surface area contributed by atoms with Crippen molar-refractivity contribution >= 4 is 0 Å². The van der Waals surface area contributed by atoms with E-state index in [0.717, 1.165) is 17.2 Å². The molecule has 3 nitrogen and oxygen atoms in total. The predicted octanol–water partition coefficient (Wildman–Crippen LogP) is 2.75. The van der Waals surface area contributed by atoms with Crippen LogP contribution in [0.3, 0.4) is 0 Å². The van der Waals surface area contributed by atoms with Crippen molar-refractivity contribution < 1.29 is 9.84 Å². The Morgan fingerprint density at radius 3 is 2.37 bits per heavy atom. The van der Waals surface area contributed by atoms with Crippen LogP contribution in [0, 0.1) is 11.8 Å². The molecular weight excluding hydrogens is 238 g/mol. The largest absolute Gasteiger partial charge is 0.497 e. The van der Waals surface area contributed by atoms with E-state index in [0.29, 0.717) is 18.5 Å². The van der Waals surface area contributed by atoms with E-state index in [2.05, 4.69) is 19.2 Å². The fourth-order valence-corrected chi connectivity index (χ4v) is 2.59. The second-order valence-corrected chi connectivity index (χ2v) is 5.80.